The molecule has 1 aromatic rings. The lowest BCUT2D eigenvalue weighted by atomic mass is 10.1. The van der Waals surface area contributed by atoms with Gasteiger partial charge >= 0.3 is 5.97 Å². The third-order valence-electron chi connectivity index (χ3n) is 1.83. The van der Waals surface area contributed by atoms with Crippen molar-refractivity contribution in [1.29, 1.82) is 0 Å². The van der Waals surface area contributed by atoms with Crippen LogP contribution in [0.25, 0.3) is 0 Å². The van der Waals surface area contributed by atoms with Gasteiger partial charge in [0.05, 0.1) is 18.1 Å². The van der Waals surface area contributed by atoms with E-state index < -0.39 is 0 Å². The lowest BCUT2D eigenvalue weighted by Gasteiger charge is -2.06. The monoisotopic (exact) mass is 276 g/mol. The van der Waals surface area contributed by atoms with Gasteiger partial charge in [-0.3, -0.25) is 0 Å². The highest BCUT2D eigenvalue weighted by molar-refractivity contribution is 9.09. The second-order valence-electron chi connectivity index (χ2n) is 2.74. The van der Waals surface area contributed by atoms with Gasteiger partial charge in [-0.1, -0.05) is 28.1 Å². The van der Waals surface area contributed by atoms with Crippen molar-refractivity contribution >= 4 is 33.5 Å². The first-order valence-corrected chi connectivity index (χ1v) is 5.63. The van der Waals surface area contributed by atoms with Crippen molar-refractivity contribution in [2.45, 2.75) is 5.38 Å². The fourth-order valence-corrected chi connectivity index (χ4v) is 1.55. The van der Waals surface area contributed by atoms with Crippen molar-refractivity contribution in [3.8, 4) is 0 Å². The van der Waals surface area contributed by atoms with Crippen LogP contribution in [0.2, 0.25) is 0 Å². The third kappa shape index (κ3) is 2.72. The van der Waals surface area contributed by atoms with Gasteiger partial charge in [0.2, 0.25) is 0 Å². The summed E-state index contributed by atoms with van der Waals surface area (Å²) in [5, 5.41) is 0.619. The van der Waals surface area contributed by atoms with E-state index in [0.717, 1.165) is 5.56 Å². The largest absolute Gasteiger partial charge is 0.465 e. The molecular formula is C10H10BrClO2. The van der Waals surface area contributed by atoms with E-state index in [1.165, 1.54) is 7.11 Å². The number of hydrogen-bond donors (Lipinski definition) is 0. The summed E-state index contributed by atoms with van der Waals surface area (Å²) in [5.41, 5.74) is 1.52. The van der Waals surface area contributed by atoms with E-state index in [1.807, 2.05) is 12.1 Å². The molecule has 0 radical (unpaired) electrons. The highest BCUT2D eigenvalue weighted by Gasteiger charge is 2.08. The molecule has 0 heterocycles. The van der Waals surface area contributed by atoms with Crippen molar-refractivity contribution in [1.82, 2.24) is 0 Å². The summed E-state index contributed by atoms with van der Waals surface area (Å²) in [7, 11) is 1.36. The van der Waals surface area contributed by atoms with Crippen molar-refractivity contribution in [3.63, 3.8) is 0 Å². The molecule has 0 N–H and O–H groups in total. The molecule has 0 amide bonds. The van der Waals surface area contributed by atoms with Gasteiger partial charge in [-0.15, -0.1) is 11.6 Å². The molecular weight excluding hydrogens is 267 g/mol. The maximum absolute atomic E-state index is 11.1. The Bertz CT molecular complexity index is 310. The van der Waals surface area contributed by atoms with Crippen LogP contribution in [0.15, 0.2) is 24.3 Å². The first-order valence-electron chi connectivity index (χ1n) is 4.07. The van der Waals surface area contributed by atoms with Crippen LogP contribution < -0.4 is 0 Å². The Morgan fingerprint density at radius 2 is 2.07 bits per heavy atom. The zero-order chi connectivity index (χ0) is 10.6. The molecule has 0 aliphatic heterocycles. The number of carbonyl (C=O) groups is 1. The summed E-state index contributed by atoms with van der Waals surface area (Å²) in [4.78, 5) is 11.1. The predicted octanol–water partition coefficient (Wildman–Crippen LogP) is 3.15. The molecule has 0 saturated heterocycles. The minimum Gasteiger partial charge on any atom is -0.465 e. The number of halogens is 2. The van der Waals surface area contributed by atoms with Crippen LogP contribution in [0.5, 0.6) is 0 Å². The van der Waals surface area contributed by atoms with Crippen LogP contribution in [0.1, 0.15) is 21.3 Å². The zero-order valence-corrected chi connectivity index (χ0v) is 10.0. The highest BCUT2D eigenvalue weighted by atomic mass is 79.9. The normalized spacial score (nSPS) is 12.2. The Labute approximate surface area is 96.3 Å². The van der Waals surface area contributed by atoms with Crippen molar-refractivity contribution in [2.75, 3.05) is 12.4 Å². The number of hydrogen-bond acceptors (Lipinski definition) is 2. The molecule has 4 heteroatoms. The SMILES string of the molecule is COC(=O)c1ccc(C(Cl)CBr)cc1. The van der Waals surface area contributed by atoms with Gasteiger partial charge in [0.15, 0.2) is 0 Å². The minimum absolute atomic E-state index is 0.0679. The average molecular weight is 278 g/mol. The number of methoxy groups -OCH3 is 1. The Kier molecular flexibility index (Phi) is 4.42. The molecule has 2 nitrogen and oxygen atoms in total. The number of carbonyl (C=O) groups excluding carboxylic acids is 1. The molecule has 0 fully saturated rings. The smallest absolute Gasteiger partial charge is 0.337 e. The number of esters is 1. The first-order chi connectivity index (χ1) is 6.69. The van der Waals surface area contributed by atoms with Crippen LogP contribution in [0, 0.1) is 0 Å². The van der Waals surface area contributed by atoms with Crippen LogP contribution in [-0.2, 0) is 4.74 Å². The molecule has 0 aromatic heterocycles. The Morgan fingerprint density at radius 1 is 1.50 bits per heavy atom. The van der Waals surface area contributed by atoms with E-state index in [1.54, 1.807) is 12.1 Å². The standard InChI is InChI=1S/C10H10BrClO2/c1-14-10(13)8-4-2-7(3-5-8)9(12)6-11/h2-5,9H,6H2,1H3. The quantitative estimate of drug-likeness (QED) is 0.627. The summed E-state index contributed by atoms with van der Waals surface area (Å²) in [6.45, 7) is 0. The van der Waals surface area contributed by atoms with Gasteiger partial charge in [-0.2, -0.15) is 0 Å². The first kappa shape index (κ1) is 11.5. The van der Waals surface area contributed by atoms with E-state index in [4.69, 9.17) is 11.6 Å². The molecule has 1 aromatic carbocycles. The maximum Gasteiger partial charge on any atom is 0.337 e. The molecule has 0 aliphatic rings. The van der Waals surface area contributed by atoms with Crippen LogP contribution >= 0.6 is 27.5 Å². The molecule has 1 rings (SSSR count). The molecule has 0 saturated carbocycles. The number of ether oxygens (including phenoxy) is 1. The summed E-state index contributed by atoms with van der Waals surface area (Å²) in [6.07, 6.45) is 0. The second-order valence-corrected chi connectivity index (χ2v) is 3.91. The molecule has 1 atom stereocenters. The van der Waals surface area contributed by atoms with Crippen molar-refractivity contribution in [3.05, 3.63) is 35.4 Å². The summed E-state index contributed by atoms with van der Waals surface area (Å²) in [6, 6.07) is 7.06. The van der Waals surface area contributed by atoms with Gasteiger partial charge in [-0.05, 0) is 17.7 Å². The predicted molar refractivity (Wildman–Crippen MR) is 60.2 cm³/mol. The van der Waals surface area contributed by atoms with E-state index >= 15 is 0 Å². The number of alkyl halides is 2. The van der Waals surface area contributed by atoms with E-state index in [-0.39, 0.29) is 11.3 Å². The fourth-order valence-electron chi connectivity index (χ4n) is 1.03. The second kappa shape index (κ2) is 5.37. The maximum atomic E-state index is 11.1. The third-order valence-corrected chi connectivity index (χ3v) is 3.26. The number of rotatable bonds is 3. The summed E-state index contributed by atoms with van der Waals surface area (Å²) in [5.74, 6) is -0.332. The minimum atomic E-state index is -0.332. The van der Waals surface area contributed by atoms with Gasteiger partial charge in [0, 0.05) is 5.33 Å². The number of benzene rings is 1. The lowest BCUT2D eigenvalue weighted by molar-refractivity contribution is 0.0600. The van der Waals surface area contributed by atoms with E-state index in [9.17, 15) is 4.79 Å². The molecule has 1 unspecified atom stereocenters. The molecule has 0 spiro atoms. The van der Waals surface area contributed by atoms with Crippen LogP contribution in [0.3, 0.4) is 0 Å². The summed E-state index contributed by atoms with van der Waals surface area (Å²) >= 11 is 9.28. The molecule has 0 aliphatic carbocycles. The van der Waals surface area contributed by atoms with Crippen LogP contribution in [-0.4, -0.2) is 18.4 Å². The molecule has 76 valence electrons. The van der Waals surface area contributed by atoms with Gasteiger partial charge < -0.3 is 4.74 Å². The molecule has 14 heavy (non-hydrogen) atoms. The fraction of sp³-hybridized carbons (Fsp3) is 0.300. The van der Waals surface area contributed by atoms with E-state index in [0.29, 0.717) is 10.9 Å². The van der Waals surface area contributed by atoms with Gasteiger partial charge in [-0.25, -0.2) is 4.79 Å². The topological polar surface area (TPSA) is 26.3 Å². The average Bonchev–Trinajstić information content (AvgIpc) is 2.27. The van der Waals surface area contributed by atoms with E-state index in [2.05, 4.69) is 20.7 Å². The Hall–Kier alpha value is -0.540. The van der Waals surface area contributed by atoms with Crippen molar-refractivity contribution < 1.29 is 9.53 Å². The van der Waals surface area contributed by atoms with Crippen LogP contribution in [0.4, 0.5) is 0 Å². The summed E-state index contributed by atoms with van der Waals surface area (Å²) < 4.78 is 4.58. The zero-order valence-electron chi connectivity index (χ0n) is 7.67. The van der Waals surface area contributed by atoms with Gasteiger partial charge in [0.25, 0.3) is 0 Å². The lowest BCUT2D eigenvalue weighted by Crippen LogP contribution is -2.01. The highest BCUT2D eigenvalue weighted by Crippen LogP contribution is 2.22. The Morgan fingerprint density at radius 3 is 2.50 bits per heavy atom. The van der Waals surface area contributed by atoms with Gasteiger partial charge in [0.1, 0.15) is 0 Å². The Balaban J connectivity index is 2.83. The van der Waals surface area contributed by atoms with Crippen molar-refractivity contribution in [2.24, 2.45) is 0 Å². The molecule has 0 bridgehead atoms.